The molecule has 0 aliphatic carbocycles. The first-order chi connectivity index (χ1) is 9.30. The lowest BCUT2D eigenvalue weighted by Gasteiger charge is -2.22. The van der Waals surface area contributed by atoms with E-state index in [0.717, 1.165) is 0 Å². The van der Waals surface area contributed by atoms with E-state index in [2.05, 4.69) is 10.1 Å². The number of amides is 1. The number of alkyl carbamates (subject to hydrolysis) is 1. The van der Waals surface area contributed by atoms with Gasteiger partial charge in [0.1, 0.15) is 11.6 Å². The summed E-state index contributed by atoms with van der Waals surface area (Å²) in [6, 6.07) is -0.745. The molecule has 0 spiro atoms. The van der Waals surface area contributed by atoms with Crippen molar-refractivity contribution < 1.29 is 24.2 Å². The summed E-state index contributed by atoms with van der Waals surface area (Å²) in [4.78, 5) is 23.2. The predicted molar refractivity (Wildman–Crippen MR) is 78.5 cm³/mol. The van der Waals surface area contributed by atoms with Crippen molar-refractivity contribution in [2.45, 2.75) is 38.8 Å². The second kappa shape index (κ2) is 9.66. The van der Waals surface area contributed by atoms with Gasteiger partial charge in [0.2, 0.25) is 0 Å². The quantitative estimate of drug-likeness (QED) is 0.550. The molecule has 0 fully saturated rings. The number of carbonyl (C=O) groups excluding carboxylic acids is 2. The molecule has 0 aromatic heterocycles. The van der Waals surface area contributed by atoms with Crippen LogP contribution >= 0.6 is 11.8 Å². The van der Waals surface area contributed by atoms with Gasteiger partial charge in [-0.3, -0.25) is 0 Å². The molecule has 0 heterocycles. The average Bonchev–Trinajstić information content (AvgIpc) is 2.34. The van der Waals surface area contributed by atoms with Crippen LogP contribution in [0.5, 0.6) is 0 Å². The summed E-state index contributed by atoms with van der Waals surface area (Å²) in [6.07, 6.45) is 1.36. The second-order valence-electron chi connectivity index (χ2n) is 4.94. The molecule has 6 nitrogen and oxygen atoms in total. The van der Waals surface area contributed by atoms with Gasteiger partial charge in [-0.05, 0) is 38.4 Å². The van der Waals surface area contributed by atoms with Gasteiger partial charge in [-0.1, -0.05) is 6.08 Å². The first-order valence-electron chi connectivity index (χ1n) is 6.25. The van der Waals surface area contributed by atoms with Crippen LogP contribution in [-0.2, 0) is 14.3 Å². The van der Waals surface area contributed by atoms with E-state index in [9.17, 15) is 9.59 Å². The molecule has 2 N–H and O–H groups in total. The van der Waals surface area contributed by atoms with E-state index in [4.69, 9.17) is 9.84 Å². The van der Waals surface area contributed by atoms with Crippen LogP contribution < -0.4 is 5.32 Å². The van der Waals surface area contributed by atoms with Crippen molar-refractivity contribution in [2.75, 3.05) is 19.5 Å². The van der Waals surface area contributed by atoms with E-state index < -0.39 is 23.7 Å². The Hall–Kier alpha value is -1.21. The lowest BCUT2D eigenvalue weighted by molar-refractivity contribution is -0.143. The van der Waals surface area contributed by atoms with Crippen molar-refractivity contribution in [2.24, 2.45) is 0 Å². The summed E-state index contributed by atoms with van der Waals surface area (Å²) < 4.78 is 9.74. The highest BCUT2D eigenvalue weighted by atomic mass is 32.2. The van der Waals surface area contributed by atoms with Crippen molar-refractivity contribution in [3.05, 3.63) is 11.5 Å². The van der Waals surface area contributed by atoms with Gasteiger partial charge in [-0.15, -0.1) is 11.8 Å². The zero-order valence-corrected chi connectivity index (χ0v) is 13.2. The molecule has 0 aromatic carbocycles. The molecule has 0 radical (unpaired) electrons. The van der Waals surface area contributed by atoms with E-state index in [1.165, 1.54) is 18.9 Å². The summed E-state index contributed by atoms with van der Waals surface area (Å²) in [5, 5.41) is 12.8. The van der Waals surface area contributed by atoms with Crippen molar-refractivity contribution in [3.63, 3.8) is 0 Å². The normalized spacial score (nSPS) is 13.1. The molecule has 1 atom stereocenters. The summed E-state index contributed by atoms with van der Waals surface area (Å²) in [5.74, 6) is 0.0918. The van der Waals surface area contributed by atoms with Gasteiger partial charge >= 0.3 is 12.1 Å². The number of methoxy groups -OCH3 is 1. The highest BCUT2D eigenvalue weighted by Gasteiger charge is 2.24. The van der Waals surface area contributed by atoms with Crippen molar-refractivity contribution in [1.29, 1.82) is 0 Å². The Kier molecular flexibility index (Phi) is 9.07. The number of esters is 1. The van der Waals surface area contributed by atoms with Gasteiger partial charge < -0.3 is 19.9 Å². The molecule has 0 aromatic rings. The maximum Gasteiger partial charge on any atom is 0.408 e. The fraction of sp³-hybridized carbons (Fsp3) is 0.692. The summed E-state index contributed by atoms with van der Waals surface area (Å²) in [6.45, 7) is 5.21. The number of thioether (sulfide) groups is 1. The Labute approximate surface area is 123 Å². The minimum atomic E-state index is -0.745. The maximum atomic E-state index is 11.6. The number of ether oxygens (including phenoxy) is 2. The number of nitrogens with one attached hydrogen (secondary N) is 1. The topological polar surface area (TPSA) is 84.9 Å². The highest BCUT2D eigenvalue weighted by molar-refractivity contribution is 8.02. The Bertz CT molecular complexity index is 338. The molecule has 0 rings (SSSR count). The van der Waals surface area contributed by atoms with Crippen molar-refractivity contribution in [3.8, 4) is 0 Å². The van der Waals surface area contributed by atoms with E-state index in [1.54, 1.807) is 32.3 Å². The van der Waals surface area contributed by atoms with Crippen LogP contribution in [0.2, 0.25) is 0 Å². The number of hydrogen-bond donors (Lipinski definition) is 2. The zero-order valence-electron chi connectivity index (χ0n) is 12.3. The maximum absolute atomic E-state index is 11.6. The zero-order chi connectivity index (χ0) is 15.6. The van der Waals surface area contributed by atoms with Gasteiger partial charge in [0.25, 0.3) is 0 Å². The van der Waals surface area contributed by atoms with Gasteiger partial charge in [0.05, 0.1) is 13.7 Å². The van der Waals surface area contributed by atoms with Crippen LogP contribution in [0.25, 0.3) is 0 Å². The van der Waals surface area contributed by atoms with Crippen molar-refractivity contribution >= 4 is 23.8 Å². The van der Waals surface area contributed by atoms with Crippen LogP contribution in [0, 0.1) is 0 Å². The monoisotopic (exact) mass is 305 g/mol. The van der Waals surface area contributed by atoms with Crippen LogP contribution in [0.3, 0.4) is 0 Å². The first kappa shape index (κ1) is 18.8. The number of aliphatic hydroxyl groups excluding tert-OH is 1. The smallest absolute Gasteiger partial charge is 0.408 e. The lowest BCUT2D eigenvalue weighted by Crippen LogP contribution is -2.44. The molecule has 0 saturated heterocycles. The summed E-state index contributed by atoms with van der Waals surface area (Å²) in [7, 11) is 1.27. The minimum absolute atomic E-state index is 0.0242. The minimum Gasteiger partial charge on any atom is -0.467 e. The lowest BCUT2D eigenvalue weighted by atomic mass is 10.2. The van der Waals surface area contributed by atoms with E-state index in [0.29, 0.717) is 12.2 Å². The van der Waals surface area contributed by atoms with Gasteiger partial charge in [-0.25, -0.2) is 9.59 Å². The molecular weight excluding hydrogens is 282 g/mol. The number of aliphatic hydroxyl groups is 1. The van der Waals surface area contributed by atoms with E-state index in [1.807, 2.05) is 0 Å². The van der Waals surface area contributed by atoms with Crippen LogP contribution in [0.1, 0.15) is 27.2 Å². The molecule has 0 aliphatic heterocycles. The third-order valence-electron chi connectivity index (χ3n) is 2.00. The molecule has 0 saturated carbocycles. The van der Waals surface area contributed by atoms with Crippen LogP contribution in [0.4, 0.5) is 4.79 Å². The molecule has 0 bridgehead atoms. The molecular formula is C13H23NO5S. The first-order valence-corrected chi connectivity index (χ1v) is 7.30. The Morgan fingerprint density at radius 1 is 1.40 bits per heavy atom. The summed E-state index contributed by atoms with van der Waals surface area (Å²) >= 11 is 1.43. The Balaban J connectivity index is 4.32. The van der Waals surface area contributed by atoms with Gasteiger partial charge in [-0.2, -0.15) is 0 Å². The molecule has 20 heavy (non-hydrogen) atoms. The highest BCUT2D eigenvalue weighted by Crippen LogP contribution is 2.10. The standard InChI is InChI=1S/C13H23NO5S/c1-13(2,3)19-12(17)14-10(11(16)18-4)6-9-20-8-5-7-15/h5,8,10,15H,6-7,9H2,1-4H3,(H,14,17). The Morgan fingerprint density at radius 2 is 2.05 bits per heavy atom. The number of carbonyl (C=O) groups is 2. The molecule has 7 heteroatoms. The van der Waals surface area contributed by atoms with E-state index >= 15 is 0 Å². The Morgan fingerprint density at radius 3 is 2.55 bits per heavy atom. The number of rotatable bonds is 7. The largest absolute Gasteiger partial charge is 0.467 e. The average molecular weight is 305 g/mol. The molecule has 116 valence electrons. The molecule has 0 aliphatic rings. The van der Waals surface area contributed by atoms with E-state index in [-0.39, 0.29) is 6.61 Å². The van der Waals surface area contributed by atoms with Crippen LogP contribution in [0.15, 0.2) is 11.5 Å². The van der Waals surface area contributed by atoms with Gasteiger partial charge in [0.15, 0.2) is 0 Å². The number of hydrogen-bond acceptors (Lipinski definition) is 6. The van der Waals surface area contributed by atoms with Crippen LogP contribution in [-0.4, -0.2) is 48.3 Å². The van der Waals surface area contributed by atoms with Crippen molar-refractivity contribution in [1.82, 2.24) is 5.32 Å². The predicted octanol–water partition coefficient (Wildman–Crippen LogP) is 1.68. The third-order valence-corrected chi connectivity index (χ3v) is 2.86. The van der Waals surface area contributed by atoms with Gasteiger partial charge in [0, 0.05) is 0 Å². The second-order valence-corrected chi connectivity index (χ2v) is 5.95. The molecule has 1 amide bonds. The third kappa shape index (κ3) is 9.69. The SMILES string of the molecule is COC(=O)C(CCSC=CCO)NC(=O)OC(C)(C)C. The molecule has 1 unspecified atom stereocenters. The fourth-order valence-corrected chi connectivity index (χ4v) is 1.94. The fourth-order valence-electron chi connectivity index (χ4n) is 1.21. The summed E-state index contributed by atoms with van der Waals surface area (Å²) in [5.41, 5.74) is -0.622.